The summed E-state index contributed by atoms with van der Waals surface area (Å²) >= 11 is 1.53. The van der Waals surface area contributed by atoms with E-state index in [1.807, 2.05) is 16.8 Å². The summed E-state index contributed by atoms with van der Waals surface area (Å²) in [5.41, 5.74) is 0.479. The van der Waals surface area contributed by atoms with Gasteiger partial charge in [0.1, 0.15) is 6.04 Å². The summed E-state index contributed by atoms with van der Waals surface area (Å²) in [5, 5.41) is 18.0. The molecule has 2 atom stereocenters. The Morgan fingerprint density at radius 2 is 1.91 bits per heavy atom. The van der Waals surface area contributed by atoms with E-state index in [1.54, 1.807) is 4.90 Å². The van der Waals surface area contributed by atoms with Crippen LogP contribution < -0.4 is 0 Å². The molecule has 7 rings (SSSR count). The Hall–Kier alpha value is -2.26. The van der Waals surface area contributed by atoms with Gasteiger partial charge in [0.15, 0.2) is 6.61 Å². The van der Waals surface area contributed by atoms with Crippen LogP contribution in [0.2, 0.25) is 0 Å². The summed E-state index contributed by atoms with van der Waals surface area (Å²) in [5.74, 6) is 2.11. The number of likely N-dealkylation sites (tertiary alicyclic amines) is 1. The van der Waals surface area contributed by atoms with Crippen molar-refractivity contribution in [3.05, 3.63) is 22.7 Å². The number of hydrogen-bond acceptors (Lipinski definition) is 8. The minimum atomic E-state index is -0.756. The fourth-order valence-electron chi connectivity index (χ4n) is 6.99. The van der Waals surface area contributed by atoms with Gasteiger partial charge in [-0.05, 0) is 67.7 Å². The number of carbonyl (C=O) groups excluding carboxylic acids is 2. The minimum Gasteiger partial charge on any atom is -0.456 e. The number of β-amino-alcohol motifs (C(OH)–C–C–N with tert-alkyl or cyclic N) is 1. The number of rotatable bonds is 5. The van der Waals surface area contributed by atoms with E-state index in [9.17, 15) is 14.7 Å². The molecule has 1 amide bonds. The molecule has 4 bridgehead atoms. The van der Waals surface area contributed by atoms with Crippen LogP contribution in [-0.2, 0) is 20.9 Å². The Kier molecular flexibility index (Phi) is 4.87. The molecule has 2 aromatic rings. The number of aromatic nitrogens is 2. The first-order valence-electron chi connectivity index (χ1n) is 11.5. The highest BCUT2D eigenvalue weighted by Gasteiger charge is 2.57. The molecule has 9 heteroatoms. The van der Waals surface area contributed by atoms with E-state index in [2.05, 4.69) is 10.1 Å². The quantitative estimate of drug-likeness (QED) is 0.688. The number of amides is 1. The van der Waals surface area contributed by atoms with E-state index in [0.29, 0.717) is 23.6 Å². The van der Waals surface area contributed by atoms with Crippen molar-refractivity contribution in [2.24, 2.45) is 23.2 Å². The molecule has 2 aromatic heterocycles. The number of thiophene rings is 1. The minimum absolute atomic E-state index is 0.0504. The van der Waals surface area contributed by atoms with Crippen molar-refractivity contribution < 1.29 is 24.0 Å². The third-order valence-electron chi connectivity index (χ3n) is 7.88. The highest BCUT2D eigenvalue weighted by Crippen LogP contribution is 2.60. The van der Waals surface area contributed by atoms with E-state index in [1.165, 1.54) is 30.6 Å². The molecule has 5 fully saturated rings. The zero-order valence-corrected chi connectivity index (χ0v) is 18.6. The molecule has 4 aliphatic carbocycles. The lowest BCUT2D eigenvalue weighted by Gasteiger charge is -2.56. The first-order valence-corrected chi connectivity index (χ1v) is 12.4. The highest BCUT2D eigenvalue weighted by molar-refractivity contribution is 7.08. The van der Waals surface area contributed by atoms with Crippen molar-refractivity contribution in [2.75, 3.05) is 6.54 Å². The number of carbonyl (C=O) groups is 2. The van der Waals surface area contributed by atoms with Crippen molar-refractivity contribution >= 4 is 23.2 Å². The van der Waals surface area contributed by atoms with Gasteiger partial charge in [-0.25, -0.2) is 4.79 Å². The van der Waals surface area contributed by atoms with Gasteiger partial charge >= 0.3 is 5.97 Å². The number of nitrogens with zero attached hydrogens (tertiary/aromatic N) is 3. The number of aliphatic hydroxyl groups excluding tert-OH is 1. The number of esters is 1. The Labute approximate surface area is 189 Å². The monoisotopic (exact) mass is 457 g/mol. The summed E-state index contributed by atoms with van der Waals surface area (Å²) in [6.07, 6.45) is 6.04. The maximum absolute atomic E-state index is 13.7. The zero-order valence-electron chi connectivity index (χ0n) is 17.8. The van der Waals surface area contributed by atoms with Crippen LogP contribution in [0.4, 0.5) is 0 Å². The average Bonchev–Trinajstić information content (AvgIpc) is 3.51. The summed E-state index contributed by atoms with van der Waals surface area (Å²) in [7, 11) is 0. The fraction of sp³-hybridized carbons (Fsp3) is 0.652. The summed E-state index contributed by atoms with van der Waals surface area (Å²) in [6, 6.07) is 1.12. The van der Waals surface area contributed by atoms with Gasteiger partial charge in [0.2, 0.25) is 11.7 Å². The Bertz CT molecular complexity index is 983. The molecule has 1 unspecified atom stereocenters. The molecule has 1 aliphatic heterocycles. The van der Waals surface area contributed by atoms with Crippen LogP contribution in [0.25, 0.3) is 11.5 Å². The van der Waals surface area contributed by atoms with Crippen molar-refractivity contribution in [3.63, 3.8) is 0 Å². The van der Waals surface area contributed by atoms with Gasteiger partial charge < -0.3 is 19.3 Å². The van der Waals surface area contributed by atoms with E-state index in [-0.39, 0.29) is 36.7 Å². The molecule has 1 saturated heterocycles. The molecular formula is C23H27N3O5S. The fourth-order valence-corrected chi connectivity index (χ4v) is 7.62. The van der Waals surface area contributed by atoms with Crippen LogP contribution in [0, 0.1) is 23.2 Å². The topological polar surface area (TPSA) is 106 Å². The smallest absolute Gasteiger partial charge is 0.329 e. The number of ether oxygens (including phenoxy) is 1. The lowest BCUT2D eigenvalue weighted by Crippen LogP contribution is -2.56. The van der Waals surface area contributed by atoms with Gasteiger partial charge in [0.05, 0.1) is 17.1 Å². The molecule has 4 saturated carbocycles. The van der Waals surface area contributed by atoms with Crippen molar-refractivity contribution in [2.45, 2.75) is 63.7 Å². The lowest BCUT2D eigenvalue weighted by atomic mass is 9.49. The van der Waals surface area contributed by atoms with E-state index in [4.69, 9.17) is 9.26 Å². The predicted molar refractivity (Wildman–Crippen MR) is 114 cm³/mol. The summed E-state index contributed by atoms with van der Waals surface area (Å²) in [4.78, 5) is 32.5. The molecule has 0 aromatic carbocycles. The molecule has 8 nitrogen and oxygen atoms in total. The van der Waals surface area contributed by atoms with Crippen molar-refractivity contribution in [3.8, 4) is 11.5 Å². The van der Waals surface area contributed by atoms with Crippen molar-refractivity contribution in [1.82, 2.24) is 15.0 Å². The van der Waals surface area contributed by atoms with Crippen LogP contribution in [0.15, 0.2) is 21.3 Å². The van der Waals surface area contributed by atoms with E-state index in [0.717, 1.165) is 24.8 Å². The molecule has 5 aliphatic rings. The average molecular weight is 458 g/mol. The third kappa shape index (κ3) is 3.46. The molecule has 3 heterocycles. The van der Waals surface area contributed by atoms with Gasteiger partial charge in [-0.2, -0.15) is 16.3 Å². The second kappa shape index (κ2) is 7.66. The molecule has 170 valence electrons. The number of hydrogen-bond donors (Lipinski definition) is 1. The van der Waals surface area contributed by atoms with Crippen LogP contribution in [0.1, 0.15) is 50.8 Å². The lowest BCUT2D eigenvalue weighted by molar-refractivity contribution is -0.166. The van der Waals surface area contributed by atoms with Crippen LogP contribution in [-0.4, -0.2) is 50.7 Å². The van der Waals surface area contributed by atoms with Gasteiger partial charge in [-0.15, -0.1) is 0 Å². The Morgan fingerprint density at radius 1 is 1.19 bits per heavy atom. The first-order chi connectivity index (χ1) is 15.5. The molecular weight excluding hydrogens is 430 g/mol. The van der Waals surface area contributed by atoms with Gasteiger partial charge in [-0.1, -0.05) is 5.16 Å². The second-order valence-corrected chi connectivity index (χ2v) is 11.0. The molecule has 1 N–H and O–H groups in total. The zero-order chi connectivity index (χ0) is 21.9. The summed E-state index contributed by atoms with van der Waals surface area (Å²) < 4.78 is 10.7. The molecule has 0 spiro atoms. The SMILES string of the molecule is O=C(OCc1noc(-c2ccsc2)n1)[C@@H]1CC(O)CN1C(=O)C12CC3CC(CC(C3)C1)C2. The first kappa shape index (κ1) is 20.4. The largest absolute Gasteiger partial charge is 0.456 e. The van der Waals surface area contributed by atoms with E-state index < -0.39 is 18.1 Å². The Morgan fingerprint density at radius 3 is 2.56 bits per heavy atom. The molecule has 32 heavy (non-hydrogen) atoms. The number of aliphatic hydroxyl groups is 1. The highest BCUT2D eigenvalue weighted by atomic mass is 32.1. The van der Waals surface area contributed by atoms with Crippen LogP contribution in [0.5, 0.6) is 0 Å². The van der Waals surface area contributed by atoms with Crippen molar-refractivity contribution in [1.29, 1.82) is 0 Å². The van der Waals surface area contributed by atoms with E-state index >= 15 is 0 Å². The van der Waals surface area contributed by atoms with Gasteiger partial charge in [0, 0.05) is 18.3 Å². The predicted octanol–water partition coefficient (Wildman–Crippen LogP) is 3.02. The normalized spacial score (nSPS) is 35.4. The van der Waals surface area contributed by atoms with Gasteiger partial charge in [0.25, 0.3) is 5.89 Å². The second-order valence-electron chi connectivity index (χ2n) is 10.2. The maximum Gasteiger partial charge on any atom is 0.329 e. The Balaban J connectivity index is 1.14. The van der Waals surface area contributed by atoms with Crippen LogP contribution >= 0.6 is 11.3 Å². The summed E-state index contributed by atoms with van der Waals surface area (Å²) in [6.45, 7) is 0.0727. The third-order valence-corrected chi connectivity index (χ3v) is 8.57. The standard InChI is InChI=1S/C23H27N3O5S/c27-17-6-18(21(28)30-11-19-24-20(31-25-19)16-1-2-32-12-16)26(10-17)22(29)23-7-13-3-14(8-23)5-15(4-13)9-23/h1-2,12-15,17-18,27H,3-11H2/t13?,14?,15?,17?,18-,23?/m0/s1. The maximum atomic E-state index is 13.7. The van der Waals surface area contributed by atoms with Gasteiger partial charge in [-0.3, -0.25) is 4.79 Å². The van der Waals surface area contributed by atoms with Crippen LogP contribution in [0.3, 0.4) is 0 Å². The molecule has 0 radical (unpaired) electrons.